The van der Waals surface area contributed by atoms with Crippen molar-refractivity contribution >= 4 is 23.9 Å². The molecule has 0 aliphatic heterocycles. The fourth-order valence-electron chi connectivity index (χ4n) is 7.03. The first-order valence-electron chi connectivity index (χ1n) is 19.4. The zero-order valence-corrected chi connectivity index (χ0v) is 33.6. The highest BCUT2D eigenvalue weighted by atomic mass is 16.6. The number of benzene rings is 4. The Hall–Kier alpha value is -6.56. The van der Waals surface area contributed by atoms with Crippen LogP contribution in [-0.2, 0) is 18.9 Å². The molecule has 0 amide bonds. The summed E-state index contributed by atoms with van der Waals surface area (Å²) in [5.74, 6) is 0.404. The molecule has 0 fully saturated rings. The molecule has 0 N–H and O–H groups in total. The van der Waals surface area contributed by atoms with Crippen molar-refractivity contribution in [3.8, 4) is 23.0 Å². The van der Waals surface area contributed by atoms with E-state index in [-0.39, 0.29) is 12.8 Å². The summed E-state index contributed by atoms with van der Waals surface area (Å²) in [6, 6.07) is 26.6. The van der Waals surface area contributed by atoms with Gasteiger partial charge in [0.05, 0.1) is 50.7 Å². The topological polar surface area (TPSA) is 142 Å². The van der Waals surface area contributed by atoms with Gasteiger partial charge in [0, 0.05) is 38.5 Å². The maximum absolute atomic E-state index is 13.4. The van der Waals surface area contributed by atoms with Crippen LogP contribution >= 0.6 is 0 Å². The number of hydrogen-bond acceptors (Lipinski definition) is 12. The number of esters is 4. The Balaban J connectivity index is 1.22. The Bertz CT molecular complexity index is 1970. The van der Waals surface area contributed by atoms with E-state index in [1.165, 1.54) is 0 Å². The van der Waals surface area contributed by atoms with Crippen LogP contribution in [0.3, 0.4) is 0 Å². The van der Waals surface area contributed by atoms with Gasteiger partial charge in [0.25, 0.3) is 0 Å². The van der Waals surface area contributed by atoms with Crippen molar-refractivity contribution in [3.63, 3.8) is 0 Å². The minimum atomic E-state index is -0.625. The summed E-state index contributed by atoms with van der Waals surface area (Å²) in [6.07, 6.45) is 4.17. The normalized spacial score (nSPS) is 19.0. The van der Waals surface area contributed by atoms with Crippen LogP contribution in [0.5, 0.6) is 23.0 Å². The highest BCUT2D eigenvalue weighted by molar-refractivity contribution is 5.91. The van der Waals surface area contributed by atoms with Crippen LogP contribution in [-0.4, -0.2) is 76.7 Å². The Morgan fingerprint density at radius 3 is 0.915 bits per heavy atom. The van der Waals surface area contributed by atoms with Gasteiger partial charge in [-0.2, -0.15) is 0 Å². The third-order valence-electron chi connectivity index (χ3n) is 10.2. The average molecular weight is 805 g/mol. The van der Waals surface area contributed by atoms with E-state index in [0.29, 0.717) is 77.4 Å². The first-order chi connectivity index (χ1) is 28.6. The molecule has 0 heterocycles. The number of carbonyl (C=O) groups excluding carboxylic acids is 4. The minimum Gasteiger partial charge on any atom is -0.497 e. The number of hydrogen-bond donors (Lipinski definition) is 0. The summed E-state index contributed by atoms with van der Waals surface area (Å²) in [5, 5.41) is 0. The van der Waals surface area contributed by atoms with Gasteiger partial charge in [-0.15, -0.1) is 0 Å². The lowest BCUT2D eigenvalue weighted by molar-refractivity contribution is 0.000749. The molecule has 0 saturated heterocycles. The van der Waals surface area contributed by atoms with Crippen molar-refractivity contribution in [2.75, 3.05) is 28.4 Å². The van der Waals surface area contributed by atoms with Crippen molar-refractivity contribution in [3.05, 3.63) is 143 Å². The third kappa shape index (κ3) is 11.8. The van der Waals surface area contributed by atoms with Gasteiger partial charge in [-0.1, -0.05) is 23.3 Å². The van der Waals surface area contributed by atoms with E-state index in [4.69, 9.17) is 37.9 Å². The summed E-state index contributed by atoms with van der Waals surface area (Å²) in [6.45, 7) is 0. The molecule has 12 heteroatoms. The van der Waals surface area contributed by atoms with Crippen molar-refractivity contribution < 1.29 is 57.1 Å². The molecule has 2 aliphatic carbocycles. The van der Waals surface area contributed by atoms with Crippen LogP contribution in [0.1, 0.15) is 86.4 Å². The lowest BCUT2D eigenvalue weighted by Gasteiger charge is -2.23. The zero-order chi connectivity index (χ0) is 41.7. The van der Waals surface area contributed by atoms with Gasteiger partial charge < -0.3 is 37.9 Å². The molecular weight excluding hydrogens is 757 g/mol. The maximum Gasteiger partial charge on any atom is 0.338 e. The predicted molar refractivity (Wildman–Crippen MR) is 217 cm³/mol. The van der Waals surface area contributed by atoms with Crippen molar-refractivity contribution in [1.82, 2.24) is 0 Å². The highest BCUT2D eigenvalue weighted by Crippen LogP contribution is 2.33. The van der Waals surface area contributed by atoms with Crippen molar-refractivity contribution in [2.24, 2.45) is 0 Å². The molecule has 4 atom stereocenters. The smallest absolute Gasteiger partial charge is 0.338 e. The van der Waals surface area contributed by atoms with E-state index in [1.54, 1.807) is 126 Å². The van der Waals surface area contributed by atoms with E-state index in [9.17, 15) is 19.2 Å². The van der Waals surface area contributed by atoms with Gasteiger partial charge in [-0.25, -0.2) is 19.2 Å². The molecule has 0 spiro atoms. The standard InChI is InChI=1S/C47H48O12/c1-52-36-17-7-32(8-18-36)44(48)56-40-15-5-30(26-42(28-40)58-46(50)34-11-21-38(54-3)22-12-34)25-31-6-16-41(57-45(49)33-9-19-37(53-2)20-10-33)29-43(27-31)59-47(51)35-13-23-39(55-4)24-14-35/h5-14,17-24,40-43H,15-16,25-29H2,1-4H3/t40-,41-,42-,43-/m0/s1. The van der Waals surface area contributed by atoms with Crippen LogP contribution in [0.15, 0.2) is 120 Å². The molecule has 0 radical (unpaired) electrons. The minimum absolute atomic E-state index is 0.272. The Morgan fingerprint density at radius 2 is 0.661 bits per heavy atom. The number of carbonyl (C=O) groups is 4. The molecule has 6 rings (SSSR count). The van der Waals surface area contributed by atoms with Crippen LogP contribution in [0.25, 0.3) is 0 Å². The summed E-state index contributed by atoms with van der Waals surface area (Å²) in [5.41, 5.74) is 3.37. The first kappa shape index (κ1) is 42.1. The lowest BCUT2D eigenvalue weighted by atomic mass is 9.96. The number of rotatable bonds is 14. The predicted octanol–water partition coefficient (Wildman–Crippen LogP) is 8.53. The van der Waals surface area contributed by atoms with E-state index in [2.05, 4.69) is 0 Å². The summed E-state index contributed by atoms with van der Waals surface area (Å²) < 4.78 is 45.1. The fraction of sp³-hybridized carbons (Fsp3) is 0.319. The Morgan fingerprint density at radius 1 is 0.407 bits per heavy atom. The highest BCUT2D eigenvalue weighted by Gasteiger charge is 2.31. The summed E-state index contributed by atoms with van der Waals surface area (Å²) >= 11 is 0. The molecular formula is C47H48O12. The average Bonchev–Trinajstić information content (AvgIpc) is 3.57. The van der Waals surface area contributed by atoms with Crippen LogP contribution in [0, 0.1) is 0 Å². The number of methoxy groups -OCH3 is 4. The van der Waals surface area contributed by atoms with E-state index < -0.39 is 48.3 Å². The van der Waals surface area contributed by atoms with Crippen molar-refractivity contribution in [1.29, 1.82) is 0 Å². The second-order valence-corrected chi connectivity index (χ2v) is 14.3. The van der Waals surface area contributed by atoms with Gasteiger partial charge in [0.1, 0.15) is 47.4 Å². The monoisotopic (exact) mass is 804 g/mol. The molecule has 0 saturated carbocycles. The molecule has 59 heavy (non-hydrogen) atoms. The molecule has 0 bridgehead atoms. The molecule has 12 nitrogen and oxygen atoms in total. The SMILES string of the molecule is COc1ccc(C(=O)O[C@H]2CC=C(CC3=CC[C@H](OC(=O)c4ccc(OC)cc4)C[C@@H](OC(=O)c4ccc(OC)cc4)C3)C[C@H](OC(=O)c3ccc(OC)cc3)C2)cc1. The zero-order valence-electron chi connectivity index (χ0n) is 33.6. The van der Waals surface area contributed by atoms with E-state index in [0.717, 1.165) is 11.1 Å². The van der Waals surface area contributed by atoms with Crippen LogP contribution < -0.4 is 18.9 Å². The Labute approximate surface area is 343 Å². The van der Waals surface area contributed by atoms with Gasteiger partial charge in [-0.3, -0.25) is 0 Å². The van der Waals surface area contributed by atoms with Gasteiger partial charge >= 0.3 is 23.9 Å². The Kier molecular flexibility index (Phi) is 14.4. The molecule has 4 aromatic rings. The molecule has 0 unspecified atom stereocenters. The fourth-order valence-corrected chi connectivity index (χ4v) is 7.03. The van der Waals surface area contributed by atoms with Crippen molar-refractivity contribution in [2.45, 2.75) is 69.4 Å². The summed E-state index contributed by atoms with van der Waals surface area (Å²) in [4.78, 5) is 53.3. The molecule has 0 aromatic heterocycles. The third-order valence-corrected chi connectivity index (χ3v) is 10.2. The lowest BCUT2D eigenvalue weighted by Crippen LogP contribution is -2.26. The maximum atomic E-state index is 13.4. The molecule has 4 aromatic carbocycles. The van der Waals surface area contributed by atoms with E-state index >= 15 is 0 Å². The van der Waals surface area contributed by atoms with Gasteiger partial charge in [-0.05, 0) is 103 Å². The van der Waals surface area contributed by atoms with Crippen LogP contribution in [0.2, 0.25) is 0 Å². The molecule has 2 aliphatic rings. The van der Waals surface area contributed by atoms with E-state index in [1.807, 2.05) is 12.2 Å². The largest absolute Gasteiger partial charge is 0.497 e. The van der Waals surface area contributed by atoms with Crippen LogP contribution in [0.4, 0.5) is 0 Å². The quantitative estimate of drug-likeness (QED) is 0.0685. The van der Waals surface area contributed by atoms with Gasteiger partial charge in [0.2, 0.25) is 0 Å². The second kappa shape index (κ2) is 20.2. The second-order valence-electron chi connectivity index (χ2n) is 14.3. The first-order valence-corrected chi connectivity index (χ1v) is 19.4. The van der Waals surface area contributed by atoms with Gasteiger partial charge in [0.15, 0.2) is 0 Å². The molecule has 308 valence electrons. The number of ether oxygens (including phenoxy) is 8. The summed E-state index contributed by atoms with van der Waals surface area (Å²) in [7, 11) is 6.19.